The largest absolute Gasteiger partial charge is 0.480 e. The van der Waals surface area contributed by atoms with E-state index < -0.39 is 16.9 Å². The van der Waals surface area contributed by atoms with Crippen molar-refractivity contribution in [1.29, 1.82) is 0 Å². The maximum atomic E-state index is 11.6. The average molecular weight is 292 g/mol. The second kappa shape index (κ2) is 6.56. The third-order valence-electron chi connectivity index (χ3n) is 4.13. The molecule has 0 bridgehead atoms. The molecule has 1 aromatic rings. The molecule has 21 heavy (non-hydrogen) atoms. The molecule has 2 rings (SSSR count). The van der Waals surface area contributed by atoms with Crippen LogP contribution >= 0.6 is 0 Å². The van der Waals surface area contributed by atoms with Gasteiger partial charge in [-0.15, -0.1) is 0 Å². The molecule has 1 fully saturated rings. The Kier molecular flexibility index (Phi) is 4.77. The zero-order valence-electron chi connectivity index (χ0n) is 12.0. The third-order valence-corrected chi connectivity index (χ3v) is 4.13. The number of benzene rings is 1. The Morgan fingerprint density at radius 3 is 2.62 bits per heavy atom. The second-order valence-electron chi connectivity index (χ2n) is 5.58. The van der Waals surface area contributed by atoms with Gasteiger partial charge in [0.15, 0.2) is 0 Å². The molecule has 1 saturated carbocycles. The average Bonchev–Trinajstić information content (AvgIpc) is 2.46. The van der Waals surface area contributed by atoms with E-state index in [1.807, 2.05) is 0 Å². The minimum Gasteiger partial charge on any atom is -0.480 e. The molecule has 0 saturated heterocycles. The summed E-state index contributed by atoms with van der Waals surface area (Å²) in [6, 6.07) is 3.98. The minimum atomic E-state index is -0.945. The number of carboxylic acids is 1. The van der Waals surface area contributed by atoms with E-state index in [-0.39, 0.29) is 11.6 Å². The quantitative estimate of drug-likeness (QED) is 0.641. The molecule has 1 aliphatic carbocycles. The second-order valence-corrected chi connectivity index (χ2v) is 5.58. The predicted octanol–water partition coefficient (Wildman–Crippen LogP) is 3.35. The van der Waals surface area contributed by atoms with Crippen LogP contribution in [0.25, 0.3) is 0 Å². The number of carbonyl (C=O) groups is 1. The third kappa shape index (κ3) is 3.51. The van der Waals surface area contributed by atoms with Crippen LogP contribution in [0.2, 0.25) is 0 Å². The van der Waals surface area contributed by atoms with Gasteiger partial charge in [-0.3, -0.25) is 10.1 Å². The van der Waals surface area contributed by atoms with Gasteiger partial charge in [-0.25, -0.2) is 4.79 Å². The number of aryl methyl sites for hydroxylation is 1. The SMILES string of the molecule is Cc1cccc([N+](=O)[O-])c1NC(C(=O)O)C1CCCCC1. The van der Waals surface area contributed by atoms with Crippen molar-refractivity contribution in [2.45, 2.75) is 45.1 Å². The van der Waals surface area contributed by atoms with E-state index in [1.165, 1.54) is 6.07 Å². The smallest absolute Gasteiger partial charge is 0.326 e. The minimum absolute atomic E-state index is 0.0236. The Bertz CT molecular complexity index is 538. The van der Waals surface area contributed by atoms with Crippen LogP contribution in [0.1, 0.15) is 37.7 Å². The lowest BCUT2D eigenvalue weighted by Crippen LogP contribution is -2.38. The van der Waals surface area contributed by atoms with Crippen LogP contribution in [-0.4, -0.2) is 22.0 Å². The first-order valence-electron chi connectivity index (χ1n) is 7.24. The standard InChI is InChI=1S/C15H20N2O4/c1-10-6-5-9-12(17(20)21)13(10)16-14(15(18)19)11-7-3-2-4-8-11/h5-6,9,11,14,16H,2-4,7-8H2,1H3,(H,18,19). The van der Waals surface area contributed by atoms with E-state index in [9.17, 15) is 20.0 Å². The van der Waals surface area contributed by atoms with Crippen molar-refractivity contribution in [1.82, 2.24) is 0 Å². The number of nitrogens with one attached hydrogen (secondary N) is 1. The molecule has 1 aliphatic rings. The molecule has 1 atom stereocenters. The fraction of sp³-hybridized carbons (Fsp3) is 0.533. The van der Waals surface area contributed by atoms with Crippen LogP contribution in [0.3, 0.4) is 0 Å². The zero-order valence-corrected chi connectivity index (χ0v) is 12.0. The van der Waals surface area contributed by atoms with Gasteiger partial charge in [0.25, 0.3) is 5.69 Å². The number of nitrogens with zero attached hydrogens (tertiary/aromatic N) is 1. The Balaban J connectivity index is 2.28. The van der Waals surface area contributed by atoms with Gasteiger partial charge in [-0.05, 0) is 31.2 Å². The summed E-state index contributed by atoms with van der Waals surface area (Å²) in [5.41, 5.74) is 0.934. The Morgan fingerprint density at radius 2 is 2.05 bits per heavy atom. The molecule has 2 N–H and O–H groups in total. The van der Waals surface area contributed by atoms with Crippen molar-refractivity contribution in [3.63, 3.8) is 0 Å². The predicted molar refractivity (Wildman–Crippen MR) is 79.5 cm³/mol. The van der Waals surface area contributed by atoms with Gasteiger partial charge in [-0.2, -0.15) is 0 Å². The number of nitro groups is 1. The van der Waals surface area contributed by atoms with E-state index in [2.05, 4.69) is 5.32 Å². The van der Waals surface area contributed by atoms with Crippen molar-refractivity contribution in [2.75, 3.05) is 5.32 Å². The number of rotatable bonds is 5. The van der Waals surface area contributed by atoms with Gasteiger partial charge >= 0.3 is 5.97 Å². The number of anilines is 1. The summed E-state index contributed by atoms with van der Waals surface area (Å²) in [5.74, 6) is -0.921. The van der Waals surface area contributed by atoms with Crippen LogP contribution < -0.4 is 5.32 Å². The molecule has 0 aromatic heterocycles. The highest BCUT2D eigenvalue weighted by Gasteiger charge is 2.31. The molecule has 6 heteroatoms. The summed E-state index contributed by atoms with van der Waals surface area (Å²) in [5, 5.41) is 23.5. The number of para-hydroxylation sites is 1. The normalized spacial score (nSPS) is 17.2. The lowest BCUT2D eigenvalue weighted by atomic mass is 9.83. The summed E-state index contributed by atoms with van der Waals surface area (Å²) in [7, 11) is 0. The fourth-order valence-corrected chi connectivity index (χ4v) is 3.00. The van der Waals surface area contributed by atoms with Crippen LogP contribution in [0, 0.1) is 23.0 Å². The van der Waals surface area contributed by atoms with Crippen molar-refractivity contribution >= 4 is 17.3 Å². The van der Waals surface area contributed by atoms with E-state index in [0.717, 1.165) is 32.1 Å². The molecule has 0 spiro atoms. The van der Waals surface area contributed by atoms with Gasteiger partial charge < -0.3 is 10.4 Å². The summed E-state index contributed by atoms with van der Waals surface area (Å²) >= 11 is 0. The van der Waals surface area contributed by atoms with Crippen molar-refractivity contribution in [3.05, 3.63) is 33.9 Å². The molecule has 0 radical (unpaired) electrons. The molecular formula is C15H20N2O4. The summed E-state index contributed by atoms with van der Waals surface area (Å²) in [6.07, 6.45) is 4.87. The number of aliphatic carboxylic acids is 1. The first-order chi connectivity index (χ1) is 10.0. The molecular weight excluding hydrogens is 272 g/mol. The highest BCUT2D eigenvalue weighted by Crippen LogP contribution is 2.33. The number of hydrogen-bond donors (Lipinski definition) is 2. The van der Waals surface area contributed by atoms with Gasteiger partial charge in [0.2, 0.25) is 0 Å². The monoisotopic (exact) mass is 292 g/mol. The topological polar surface area (TPSA) is 92.5 Å². The van der Waals surface area contributed by atoms with E-state index in [0.29, 0.717) is 11.3 Å². The molecule has 0 amide bonds. The van der Waals surface area contributed by atoms with Gasteiger partial charge in [0.1, 0.15) is 11.7 Å². The van der Waals surface area contributed by atoms with Crippen LogP contribution in [0.15, 0.2) is 18.2 Å². The number of carboxylic acid groups (broad SMARTS) is 1. The first kappa shape index (κ1) is 15.3. The zero-order chi connectivity index (χ0) is 15.4. The summed E-state index contributed by atoms with van der Waals surface area (Å²) in [6.45, 7) is 1.75. The maximum Gasteiger partial charge on any atom is 0.326 e. The summed E-state index contributed by atoms with van der Waals surface area (Å²) < 4.78 is 0. The van der Waals surface area contributed by atoms with Crippen molar-refractivity contribution in [2.24, 2.45) is 5.92 Å². The molecule has 0 heterocycles. The number of nitro benzene ring substituents is 1. The Hall–Kier alpha value is -2.11. The summed E-state index contributed by atoms with van der Waals surface area (Å²) in [4.78, 5) is 22.2. The molecule has 1 unspecified atom stereocenters. The Morgan fingerprint density at radius 1 is 1.38 bits per heavy atom. The molecule has 1 aromatic carbocycles. The molecule has 0 aliphatic heterocycles. The molecule has 114 valence electrons. The van der Waals surface area contributed by atoms with E-state index in [4.69, 9.17) is 0 Å². The van der Waals surface area contributed by atoms with Gasteiger partial charge in [0.05, 0.1) is 4.92 Å². The van der Waals surface area contributed by atoms with E-state index in [1.54, 1.807) is 19.1 Å². The lowest BCUT2D eigenvalue weighted by molar-refractivity contribution is -0.384. The first-order valence-corrected chi connectivity index (χ1v) is 7.24. The van der Waals surface area contributed by atoms with Crippen LogP contribution in [-0.2, 0) is 4.79 Å². The highest BCUT2D eigenvalue weighted by atomic mass is 16.6. The lowest BCUT2D eigenvalue weighted by Gasteiger charge is -2.29. The molecule has 6 nitrogen and oxygen atoms in total. The van der Waals surface area contributed by atoms with Gasteiger partial charge in [0, 0.05) is 6.07 Å². The maximum absolute atomic E-state index is 11.6. The highest BCUT2D eigenvalue weighted by molar-refractivity contribution is 5.80. The van der Waals surface area contributed by atoms with Gasteiger partial charge in [-0.1, -0.05) is 31.4 Å². The fourth-order valence-electron chi connectivity index (χ4n) is 3.00. The van der Waals surface area contributed by atoms with Crippen molar-refractivity contribution < 1.29 is 14.8 Å². The van der Waals surface area contributed by atoms with Crippen molar-refractivity contribution in [3.8, 4) is 0 Å². The van der Waals surface area contributed by atoms with Crippen LogP contribution in [0.5, 0.6) is 0 Å². The van der Waals surface area contributed by atoms with Crippen LogP contribution in [0.4, 0.5) is 11.4 Å². The Labute approximate surface area is 123 Å². The number of hydrogen-bond acceptors (Lipinski definition) is 4. The van der Waals surface area contributed by atoms with E-state index >= 15 is 0 Å².